The maximum absolute atomic E-state index is 9.04. The molecule has 1 atom stereocenters. The van der Waals surface area contributed by atoms with E-state index in [4.69, 9.17) is 9.79 Å². The normalized spacial score (nSPS) is 20.0. The first kappa shape index (κ1) is 13.0. The monoisotopic (exact) mass is 207 g/mol. The highest BCUT2D eigenvalue weighted by atomic mass is 31.1. The number of hydrogen-bond donors (Lipinski definition) is 4. The Hall–Kier alpha value is -0.0300. The van der Waals surface area contributed by atoms with Gasteiger partial charge < -0.3 is 20.8 Å². The van der Waals surface area contributed by atoms with Gasteiger partial charge in [0.15, 0.2) is 0 Å². The predicted octanol–water partition coefficient (Wildman–Crippen LogP) is -2.15. The molecule has 0 amide bonds. The summed E-state index contributed by atoms with van der Waals surface area (Å²) in [5, 5.41) is 9.91. The van der Waals surface area contributed by atoms with E-state index < -0.39 is 8.00 Å². The quantitative estimate of drug-likeness (QED) is 0.341. The van der Waals surface area contributed by atoms with Crippen LogP contribution in [0.3, 0.4) is 0 Å². The lowest BCUT2D eigenvalue weighted by Crippen LogP contribution is -2.27. The molecule has 0 aromatic rings. The Bertz CT molecular complexity index is 102. The topological polar surface area (TPSA) is 79.4 Å². The first-order chi connectivity index (χ1) is 6.23. The third-order valence-corrected chi connectivity index (χ3v) is 1.44. The first-order valence-electron chi connectivity index (χ1n) is 4.32. The summed E-state index contributed by atoms with van der Waals surface area (Å²) in [6.07, 6.45) is 2.70. The predicted molar refractivity (Wildman–Crippen MR) is 54.9 cm³/mol. The lowest BCUT2D eigenvalue weighted by atomic mass is 10.6. The van der Waals surface area contributed by atoms with Crippen LogP contribution in [0.2, 0.25) is 0 Å². The number of rotatable bonds is 0. The summed E-state index contributed by atoms with van der Waals surface area (Å²) in [6.45, 7) is 6.59. The summed E-state index contributed by atoms with van der Waals surface area (Å²) in [7, 11) is -2.12. The second-order valence-electron chi connectivity index (χ2n) is 2.60. The summed E-state index contributed by atoms with van der Waals surface area (Å²) in [5.74, 6) is 0. The van der Waals surface area contributed by atoms with Crippen molar-refractivity contribution in [2.24, 2.45) is 0 Å². The first-order valence-corrected chi connectivity index (χ1v) is 5.72. The standard InChI is InChI=1S/C6H15N3.CH3O2P/c1-2-8-5-6-9-4-3-7-1;1-4(2)3/h7-9H,1-6H2;1H2,(H,2,3). The van der Waals surface area contributed by atoms with E-state index in [9.17, 15) is 0 Å². The maximum atomic E-state index is 9.04. The molecule has 78 valence electrons. The third-order valence-electron chi connectivity index (χ3n) is 1.44. The average Bonchev–Trinajstić information content (AvgIpc) is 2.16. The highest BCUT2D eigenvalue weighted by Crippen LogP contribution is 1.88. The second-order valence-corrected chi connectivity index (χ2v) is 3.31. The Labute approximate surface area is 80.1 Å². The van der Waals surface area contributed by atoms with E-state index in [2.05, 4.69) is 22.2 Å². The Morgan fingerprint density at radius 2 is 1.08 bits per heavy atom. The molecular formula is C7H18N3O2P. The molecule has 1 saturated heterocycles. The van der Waals surface area contributed by atoms with Gasteiger partial charge in [0.05, 0.1) is 0 Å². The van der Waals surface area contributed by atoms with Crippen LogP contribution in [0.25, 0.3) is 0 Å². The van der Waals surface area contributed by atoms with Crippen LogP contribution in [0.4, 0.5) is 0 Å². The zero-order valence-corrected chi connectivity index (χ0v) is 8.65. The molecule has 1 heterocycles. The zero-order chi connectivity index (χ0) is 9.94. The van der Waals surface area contributed by atoms with Crippen LogP contribution in [0.1, 0.15) is 0 Å². The summed E-state index contributed by atoms with van der Waals surface area (Å²) in [5.41, 5.74) is 0. The van der Waals surface area contributed by atoms with Gasteiger partial charge >= 0.3 is 0 Å². The van der Waals surface area contributed by atoms with Gasteiger partial charge in [0.25, 0.3) is 0 Å². The fourth-order valence-corrected chi connectivity index (χ4v) is 0.905. The van der Waals surface area contributed by atoms with Gasteiger partial charge in [-0.3, -0.25) is 0 Å². The lowest BCUT2D eigenvalue weighted by molar-refractivity contribution is -0.167. The minimum absolute atomic E-state index is 1.10. The van der Waals surface area contributed by atoms with Gasteiger partial charge in [-0.15, -0.1) is 0 Å². The van der Waals surface area contributed by atoms with E-state index in [0.29, 0.717) is 0 Å². The van der Waals surface area contributed by atoms with E-state index in [1.54, 1.807) is 0 Å². The van der Waals surface area contributed by atoms with Crippen LogP contribution in [-0.2, 0) is 0 Å². The Morgan fingerprint density at radius 3 is 1.23 bits per heavy atom. The summed E-state index contributed by atoms with van der Waals surface area (Å²) in [6, 6.07) is 0. The molecule has 4 N–H and O–H groups in total. The molecule has 0 radical (unpaired) electrons. The van der Waals surface area contributed by atoms with E-state index in [1.165, 1.54) is 0 Å². The van der Waals surface area contributed by atoms with Crippen LogP contribution in [0.5, 0.6) is 0 Å². The van der Waals surface area contributed by atoms with Crippen LogP contribution in [-0.4, -0.2) is 50.5 Å². The Morgan fingerprint density at radius 1 is 0.923 bits per heavy atom. The lowest BCUT2D eigenvalue weighted by Gasteiger charge is -1.99. The second kappa shape index (κ2) is 10.1. The molecule has 1 aliphatic rings. The molecule has 5 nitrogen and oxygen atoms in total. The Kier molecular flexibility index (Phi) is 10.0. The highest BCUT2D eigenvalue weighted by molar-refractivity contribution is 7.41. The number of hydrogen-bond acceptors (Lipinski definition) is 5. The van der Waals surface area contributed by atoms with Crippen molar-refractivity contribution in [3.05, 3.63) is 0 Å². The van der Waals surface area contributed by atoms with Crippen LogP contribution >= 0.6 is 8.00 Å². The fourth-order valence-electron chi connectivity index (χ4n) is 0.905. The van der Waals surface area contributed by atoms with Gasteiger partial charge in [-0.1, -0.05) is 0 Å². The van der Waals surface area contributed by atoms with Crippen molar-refractivity contribution in [3.8, 4) is 0 Å². The molecule has 0 aliphatic carbocycles. The van der Waals surface area contributed by atoms with Gasteiger partial charge in [-0.05, 0) is 0 Å². The molecule has 0 aromatic heterocycles. The Balaban J connectivity index is 0.000000310. The van der Waals surface area contributed by atoms with Crippen molar-refractivity contribution >= 4 is 14.3 Å². The molecule has 0 spiro atoms. The molecule has 1 fully saturated rings. The van der Waals surface area contributed by atoms with E-state index in [-0.39, 0.29) is 0 Å². The van der Waals surface area contributed by atoms with Gasteiger partial charge in [-0.25, -0.2) is 0 Å². The smallest absolute Gasteiger partial charge is 0.209 e. The third kappa shape index (κ3) is 14.8. The van der Waals surface area contributed by atoms with E-state index in [0.717, 1.165) is 39.3 Å². The molecule has 1 aliphatic heterocycles. The van der Waals surface area contributed by atoms with Gasteiger partial charge in [0, 0.05) is 39.3 Å². The average molecular weight is 207 g/mol. The van der Waals surface area contributed by atoms with Gasteiger partial charge in [-0.2, -0.15) is 4.89 Å². The SMILES string of the molecule is C1CNCCNCCN1.C=[P+]([O-])O. The van der Waals surface area contributed by atoms with Crippen molar-refractivity contribution in [1.82, 2.24) is 16.0 Å². The van der Waals surface area contributed by atoms with Crippen LogP contribution < -0.4 is 20.8 Å². The molecule has 0 aromatic carbocycles. The van der Waals surface area contributed by atoms with Crippen LogP contribution in [0, 0.1) is 0 Å². The number of nitrogens with one attached hydrogen (secondary N) is 3. The fraction of sp³-hybridized carbons (Fsp3) is 0.857. The molecule has 0 bridgehead atoms. The summed E-state index contributed by atoms with van der Waals surface area (Å²) < 4.78 is 0. The van der Waals surface area contributed by atoms with Gasteiger partial charge in [0.2, 0.25) is 8.00 Å². The van der Waals surface area contributed by atoms with Crippen LogP contribution in [0.15, 0.2) is 0 Å². The molecule has 0 saturated carbocycles. The molecule has 1 unspecified atom stereocenters. The minimum Gasteiger partial charge on any atom is -0.604 e. The van der Waals surface area contributed by atoms with E-state index in [1.807, 2.05) is 0 Å². The largest absolute Gasteiger partial charge is 0.604 e. The maximum Gasteiger partial charge on any atom is 0.209 e. The zero-order valence-electron chi connectivity index (χ0n) is 7.75. The summed E-state index contributed by atoms with van der Waals surface area (Å²) >= 11 is 0. The van der Waals surface area contributed by atoms with Crippen molar-refractivity contribution in [2.75, 3.05) is 39.3 Å². The van der Waals surface area contributed by atoms with E-state index >= 15 is 0 Å². The minimum atomic E-state index is -2.12. The molecule has 1 rings (SSSR count). The van der Waals surface area contributed by atoms with Crippen molar-refractivity contribution in [2.45, 2.75) is 0 Å². The molecule has 13 heavy (non-hydrogen) atoms. The van der Waals surface area contributed by atoms with Gasteiger partial charge in [0.1, 0.15) is 6.30 Å². The van der Waals surface area contributed by atoms with Crippen molar-refractivity contribution < 1.29 is 9.79 Å². The molecule has 6 heteroatoms. The van der Waals surface area contributed by atoms with Crippen molar-refractivity contribution in [3.63, 3.8) is 0 Å². The summed E-state index contributed by atoms with van der Waals surface area (Å²) in [4.78, 5) is 16.5. The van der Waals surface area contributed by atoms with Crippen molar-refractivity contribution in [1.29, 1.82) is 0 Å². The molecular weight excluding hydrogens is 189 g/mol. The highest BCUT2D eigenvalue weighted by Gasteiger charge is 1.91.